The molecule has 0 N–H and O–H groups in total. The minimum Gasteiger partial charge on any atom is -0.348 e. The van der Waals surface area contributed by atoms with E-state index in [-0.39, 0.29) is 0 Å². The predicted octanol–water partition coefficient (Wildman–Crippen LogP) is 3.88. The van der Waals surface area contributed by atoms with E-state index < -0.39 is 0 Å². The van der Waals surface area contributed by atoms with Gasteiger partial charge in [0, 0.05) is 0 Å². The highest BCUT2D eigenvalue weighted by Gasteiger charge is 2.35. The second-order valence-corrected chi connectivity index (χ2v) is 7.81. The van der Waals surface area contributed by atoms with Crippen LogP contribution in [-0.2, 0) is 0 Å². The van der Waals surface area contributed by atoms with E-state index in [4.69, 9.17) is 0 Å². The van der Waals surface area contributed by atoms with Crippen LogP contribution in [0.3, 0.4) is 0 Å². The summed E-state index contributed by atoms with van der Waals surface area (Å²) >= 11 is 0. The molecule has 0 aromatic rings. The van der Waals surface area contributed by atoms with Gasteiger partial charge in [-0.25, -0.2) is 0 Å². The summed E-state index contributed by atoms with van der Waals surface area (Å²) in [6.07, 6.45) is 8.64. The lowest BCUT2D eigenvalue weighted by atomic mass is 9.64. The molecule has 0 amide bonds. The molecule has 0 heterocycles. The second kappa shape index (κ2) is 6.46. The molecule has 0 aliphatic heterocycles. The molecule has 0 spiro atoms. The van der Waals surface area contributed by atoms with E-state index >= 15 is 0 Å². The summed E-state index contributed by atoms with van der Waals surface area (Å²) in [6, 6.07) is 0. The summed E-state index contributed by atoms with van der Waals surface area (Å²) < 4.78 is 0. The van der Waals surface area contributed by atoms with Gasteiger partial charge >= 0.3 is 0 Å². The Morgan fingerprint density at radius 3 is 2.28 bits per heavy atom. The Kier molecular flexibility index (Phi) is 5.77. The van der Waals surface area contributed by atoms with Crippen molar-refractivity contribution >= 4 is 7.98 Å². The summed E-state index contributed by atoms with van der Waals surface area (Å²) in [5.74, 6) is 0.859. The molecule has 1 atom stereocenters. The van der Waals surface area contributed by atoms with Gasteiger partial charge in [0.1, 0.15) is 0 Å². The molecule has 2 heteroatoms. The molecule has 1 aliphatic rings. The van der Waals surface area contributed by atoms with E-state index in [0.29, 0.717) is 10.8 Å². The average molecular weight is 251 g/mol. The normalized spacial score (nSPS) is 22.1. The first-order valence-electron chi connectivity index (χ1n) is 7.98. The maximum absolute atomic E-state index is 2.54. The summed E-state index contributed by atoms with van der Waals surface area (Å²) in [4.78, 5) is 2.45. The Bertz CT molecular complexity index is 243. The van der Waals surface area contributed by atoms with Gasteiger partial charge in [-0.2, -0.15) is 0 Å². The molecule has 0 radical (unpaired) electrons. The van der Waals surface area contributed by atoms with Crippen LogP contribution in [0.15, 0.2) is 0 Å². The van der Waals surface area contributed by atoms with Crippen LogP contribution in [0.2, 0.25) is 0 Å². The Morgan fingerprint density at radius 2 is 1.78 bits per heavy atom. The molecule has 1 nitrogen and oxygen atoms in total. The summed E-state index contributed by atoms with van der Waals surface area (Å²) in [7, 11) is 2.24. The standard InChI is InChI=1S/C16H34BN/c1-6-18(17)13-15(3,4)12-14(2)16(5)10-8-7-9-11-16/h14H,6-13,17H2,1-5H3. The molecule has 0 aromatic heterocycles. The van der Waals surface area contributed by atoms with Crippen molar-refractivity contribution in [3.63, 3.8) is 0 Å². The Hall–Kier alpha value is 0.0249. The van der Waals surface area contributed by atoms with Crippen molar-refractivity contribution in [2.45, 2.75) is 73.1 Å². The van der Waals surface area contributed by atoms with Crippen LogP contribution in [0.25, 0.3) is 0 Å². The van der Waals surface area contributed by atoms with Crippen molar-refractivity contribution in [1.82, 2.24) is 4.81 Å². The van der Waals surface area contributed by atoms with Crippen LogP contribution >= 0.6 is 0 Å². The lowest BCUT2D eigenvalue weighted by Crippen LogP contribution is -2.37. The first kappa shape index (κ1) is 16.1. The Balaban J connectivity index is 2.53. The van der Waals surface area contributed by atoms with E-state index in [9.17, 15) is 0 Å². The highest BCUT2D eigenvalue weighted by atomic mass is 15.0. The predicted molar refractivity (Wildman–Crippen MR) is 84.5 cm³/mol. The SMILES string of the molecule is BN(CC)CC(C)(C)CC(C)C1(C)CCCCC1. The van der Waals surface area contributed by atoms with Gasteiger partial charge in [-0.05, 0) is 49.1 Å². The van der Waals surface area contributed by atoms with Gasteiger partial charge < -0.3 is 4.81 Å². The van der Waals surface area contributed by atoms with Crippen LogP contribution in [0.5, 0.6) is 0 Å². The summed E-state index contributed by atoms with van der Waals surface area (Å²) in [5.41, 5.74) is 1.06. The van der Waals surface area contributed by atoms with Gasteiger partial charge in [0.05, 0.1) is 0 Å². The quantitative estimate of drug-likeness (QED) is 0.647. The fourth-order valence-electron chi connectivity index (χ4n) is 3.83. The minimum absolute atomic E-state index is 0.449. The van der Waals surface area contributed by atoms with Gasteiger partial charge in [0.25, 0.3) is 0 Å². The third-order valence-corrected chi connectivity index (χ3v) is 5.28. The van der Waals surface area contributed by atoms with Crippen LogP contribution in [0.1, 0.15) is 73.1 Å². The van der Waals surface area contributed by atoms with Crippen molar-refractivity contribution in [2.24, 2.45) is 16.7 Å². The molecule has 0 saturated heterocycles. The van der Waals surface area contributed by atoms with Gasteiger partial charge in [0.2, 0.25) is 0 Å². The van der Waals surface area contributed by atoms with Gasteiger partial charge in [0.15, 0.2) is 7.98 Å². The van der Waals surface area contributed by atoms with E-state index in [2.05, 4.69) is 47.4 Å². The van der Waals surface area contributed by atoms with Gasteiger partial charge in [-0.15, -0.1) is 0 Å². The van der Waals surface area contributed by atoms with Gasteiger partial charge in [-0.3, -0.25) is 0 Å². The number of hydrogen-bond donors (Lipinski definition) is 0. The summed E-state index contributed by atoms with van der Waals surface area (Å²) in [5, 5.41) is 0. The van der Waals surface area contributed by atoms with Crippen molar-refractivity contribution in [3.8, 4) is 0 Å². The van der Waals surface area contributed by atoms with Gasteiger partial charge in [-0.1, -0.05) is 53.9 Å². The maximum atomic E-state index is 2.54. The zero-order valence-electron chi connectivity index (χ0n) is 13.7. The topological polar surface area (TPSA) is 3.24 Å². The van der Waals surface area contributed by atoms with Crippen LogP contribution < -0.4 is 0 Å². The molecule has 1 aliphatic carbocycles. The first-order chi connectivity index (χ1) is 8.29. The van der Waals surface area contributed by atoms with Crippen molar-refractivity contribution < 1.29 is 0 Å². The molecule has 1 rings (SSSR count). The summed E-state index contributed by atoms with van der Waals surface area (Å²) in [6.45, 7) is 14.6. The molecule has 1 fully saturated rings. The van der Waals surface area contributed by atoms with Crippen molar-refractivity contribution in [3.05, 3.63) is 0 Å². The highest BCUT2D eigenvalue weighted by molar-refractivity contribution is 6.04. The average Bonchev–Trinajstić information content (AvgIpc) is 2.28. The zero-order valence-corrected chi connectivity index (χ0v) is 13.7. The van der Waals surface area contributed by atoms with Crippen LogP contribution in [0, 0.1) is 16.7 Å². The number of hydrogen-bond acceptors (Lipinski definition) is 1. The van der Waals surface area contributed by atoms with Crippen LogP contribution in [0.4, 0.5) is 0 Å². The molecule has 106 valence electrons. The van der Waals surface area contributed by atoms with E-state index in [1.165, 1.54) is 45.1 Å². The fraction of sp³-hybridized carbons (Fsp3) is 1.00. The number of rotatable bonds is 6. The maximum Gasteiger partial charge on any atom is 0.185 e. The molecular formula is C16H34BN. The zero-order chi connectivity index (χ0) is 13.8. The lowest BCUT2D eigenvalue weighted by molar-refractivity contribution is 0.0837. The lowest BCUT2D eigenvalue weighted by Gasteiger charge is -2.43. The van der Waals surface area contributed by atoms with E-state index in [1.54, 1.807) is 0 Å². The molecule has 18 heavy (non-hydrogen) atoms. The van der Waals surface area contributed by atoms with E-state index in [0.717, 1.165) is 12.5 Å². The first-order valence-corrected chi connectivity index (χ1v) is 7.98. The largest absolute Gasteiger partial charge is 0.348 e. The monoisotopic (exact) mass is 251 g/mol. The minimum atomic E-state index is 0.449. The fourth-order valence-corrected chi connectivity index (χ4v) is 3.83. The highest BCUT2D eigenvalue weighted by Crippen LogP contribution is 2.46. The third-order valence-electron chi connectivity index (χ3n) is 5.28. The third kappa shape index (κ3) is 4.61. The van der Waals surface area contributed by atoms with E-state index in [1.807, 2.05) is 0 Å². The molecule has 1 saturated carbocycles. The Morgan fingerprint density at radius 1 is 1.22 bits per heavy atom. The Labute approximate surface area is 116 Å². The molecule has 0 aromatic carbocycles. The molecule has 0 bridgehead atoms. The smallest absolute Gasteiger partial charge is 0.185 e. The van der Waals surface area contributed by atoms with Crippen molar-refractivity contribution in [2.75, 3.05) is 13.1 Å². The molecular weight excluding hydrogens is 217 g/mol. The number of nitrogens with zero attached hydrogens (tertiary/aromatic N) is 1. The second-order valence-electron chi connectivity index (χ2n) is 7.81. The molecule has 1 unspecified atom stereocenters. The van der Waals surface area contributed by atoms with Crippen LogP contribution in [-0.4, -0.2) is 25.9 Å². The van der Waals surface area contributed by atoms with Crippen molar-refractivity contribution in [1.29, 1.82) is 0 Å².